The van der Waals surface area contributed by atoms with Crippen molar-refractivity contribution in [2.45, 2.75) is 50.6 Å². The molecule has 1 atom stereocenters. The number of amides is 1. The van der Waals surface area contributed by atoms with E-state index in [1.165, 1.54) is 28.3 Å². The molecule has 1 aromatic carbocycles. The number of thiazole rings is 1. The highest BCUT2D eigenvalue weighted by molar-refractivity contribution is 9.10. The Labute approximate surface area is 200 Å². The molecule has 7 nitrogen and oxygen atoms in total. The number of benzene rings is 1. The molecule has 11 heteroatoms. The lowest BCUT2D eigenvalue weighted by Crippen LogP contribution is -2.28. The number of nitrogens with zero attached hydrogens (tertiary/aromatic N) is 5. The molecule has 1 spiro atoms. The van der Waals surface area contributed by atoms with Crippen molar-refractivity contribution < 1.29 is 13.6 Å². The van der Waals surface area contributed by atoms with E-state index in [1.54, 1.807) is 11.6 Å². The van der Waals surface area contributed by atoms with Crippen molar-refractivity contribution in [3.63, 3.8) is 0 Å². The fourth-order valence-corrected chi connectivity index (χ4v) is 5.80. The van der Waals surface area contributed by atoms with Crippen molar-refractivity contribution in [3.8, 4) is 0 Å². The number of aromatic nitrogens is 5. The minimum atomic E-state index is -2.67. The standard InChI is InChI=1S/C22H19BrF2N6OS/c1-11-14(23)8-12(19(24)25)13-9-31(29-16(11)13)18(20(32)28-21-26-6-7-33-21)17-15-2-3-22(4-5-22)30(15)10-27-17/h6-10,18-19H,2-5H2,1H3,(H,26,28,32). The summed E-state index contributed by atoms with van der Waals surface area (Å²) in [4.78, 5) is 22.3. The van der Waals surface area contributed by atoms with Crippen molar-refractivity contribution in [3.05, 3.63) is 57.2 Å². The van der Waals surface area contributed by atoms with Crippen molar-refractivity contribution >= 4 is 49.2 Å². The second-order valence-corrected chi connectivity index (χ2v) is 10.4. The smallest absolute Gasteiger partial charge is 0.264 e. The number of aryl methyl sites for hydroxylation is 1. The van der Waals surface area contributed by atoms with E-state index in [1.807, 2.05) is 13.3 Å². The van der Waals surface area contributed by atoms with Gasteiger partial charge in [0.15, 0.2) is 11.2 Å². The van der Waals surface area contributed by atoms with Gasteiger partial charge in [0.2, 0.25) is 0 Å². The third-order valence-electron chi connectivity index (χ3n) is 6.77. The van der Waals surface area contributed by atoms with Gasteiger partial charge in [0.1, 0.15) is 0 Å². The van der Waals surface area contributed by atoms with Crippen molar-refractivity contribution in [1.29, 1.82) is 0 Å². The van der Waals surface area contributed by atoms with Gasteiger partial charge in [0.05, 0.1) is 17.5 Å². The Kier molecular flexibility index (Phi) is 4.70. The molecule has 4 aromatic rings. The average Bonchev–Trinajstić information content (AvgIpc) is 3.21. The molecule has 170 valence electrons. The van der Waals surface area contributed by atoms with Gasteiger partial charge in [-0.3, -0.25) is 14.8 Å². The van der Waals surface area contributed by atoms with Crippen LogP contribution in [-0.2, 0) is 16.8 Å². The summed E-state index contributed by atoms with van der Waals surface area (Å²) in [5, 5.41) is 10.0. The Balaban J connectivity index is 1.51. The summed E-state index contributed by atoms with van der Waals surface area (Å²) in [6.07, 6.45) is 6.37. The highest BCUT2D eigenvalue weighted by Crippen LogP contribution is 2.52. The highest BCUT2D eigenvalue weighted by Gasteiger charge is 2.50. The van der Waals surface area contributed by atoms with Gasteiger partial charge >= 0.3 is 0 Å². The lowest BCUT2D eigenvalue weighted by Gasteiger charge is -2.16. The lowest BCUT2D eigenvalue weighted by atomic mass is 10.1. The zero-order valence-electron chi connectivity index (χ0n) is 17.6. The van der Waals surface area contributed by atoms with E-state index in [4.69, 9.17) is 0 Å². The number of hydrogen-bond donors (Lipinski definition) is 1. The monoisotopic (exact) mass is 532 g/mol. The van der Waals surface area contributed by atoms with Crippen LogP contribution in [0.25, 0.3) is 10.9 Å². The zero-order chi connectivity index (χ0) is 22.9. The van der Waals surface area contributed by atoms with Crippen LogP contribution in [0, 0.1) is 6.92 Å². The second kappa shape index (κ2) is 7.42. The first-order valence-corrected chi connectivity index (χ1v) is 12.3. The van der Waals surface area contributed by atoms with Crippen LogP contribution in [0.3, 0.4) is 0 Å². The van der Waals surface area contributed by atoms with Crippen LogP contribution < -0.4 is 5.32 Å². The Morgan fingerprint density at radius 2 is 2.12 bits per heavy atom. The Hall–Kier alpha value is -2.66. The Morgan fingerprint density at radius 3 is 2.82 bits per heavy atom. The average molecular weight is 533 g/mol. The van der Waals surface area contributed by atoms with E-state index >= 15 is 0 Å². The van der Waals surface area contributed by atoms with E-state index in [-0.39, 0.29) is 17.0 Å². The third-order valence-corrected chi connectivity index (χ3v) is 8.28. The number of hydrogen-bond acceptors (Lipinski definition) is 5. The molecule has 1 N–H and O–H groups in total. The first-order chi connectivity index (χ1) is 15.9. The summed E-state index contributed by atoms with van der Waals surface area (Å²) in [6.45, 7) is 1.81. The predicted molar refractivity (Wildman–Crippen MR) is 124 cm³/mol. The fourth-order valence-electron chi connectivity index (χ4n) is 4.84. The molecule has 1 saturated carbocycles. The molecule has 1 unspecified atom stereocenters. The summed E-state index contributed by atoms with van der Waals surface area (Å²) < 4.78 is 31.9. The maximum Gasteiger partial charge on any atom is 0.264 e. The molecule has 1 aliphatic heterocycles. The quantitative estimate of drug-likeness (QED) is 0.375. The predicted octanol–water partition coefficient (Wildman–Crippen LogP) is 5.36. The zero-order valence-corrected chi connectivity index (χ0v) is 20.0. The van der Waals surface area contributed by atoms with Crippen LogP contribution in [0.1, 0.15) is 54.2 Å². The van der Waals surface area contributed by atoms with Crippen LogP contribution in [0.5, 0.6) is 0 Å². The molecular weight excluding hydrogens is 514 g/mol. The highest BCUT2D eigenvalue weighted by atomic mass is 79.9. The number of fused-ring (bicyclic) bond motifs is 3. The number of carbonyl (C=O) groups is 1. The number of carbonyl (C=O) groups excluding carboxylic acids is 1. The van der Waals surface area contributed by atoms with Gasteiger partial charge in [-0.15, -0.1) is 11.3 Å². The lowest BCUT2D eigenvalue weighted by molar-refractivity contribution is -0.118. The SMILES string of the molecule is Cc1c(Br)cc(C(F)F)c2cn(C(C(=O)Nc3nccs3)c3ncn4c3CCC43CC3)nc12. The van der Waals surface area contributed by atoms with Gasteiger partial charge in [-0.2, -0.15) is 5.10 Å². The fraction of sp³-hybridized carbons (Fsp3) is 0.364. The number of nitrogens with one attached hydrogen (secondary N) is 1. The molecule has 4 heterocycles. The molecule has 2 aliphatic rings. The van der Waals surface area contributed by atoms with Gasteiger partial charge in [-0.1, -0.05) is 15.9 Å². The topological polar surface area (TPSA) is 77.6 Å². The van der Waals surface area contributed by atoms with Crippen LogP contribution in [0.15, 0.2) is 34.6 Å². The van der Waals surface area contributed by atoms with Gasteiger partial charge in [-0.05, 0) is 44.2 Å². The van der Waals surface area contributed by atoms with E-state index in [0.717, 1.165) is 36.9 Å². The Bertz CT molecular complexity index is 1390. The van der Waals surface area contributed by atoms with Crippen LogP contribution in [0.2, 0.25) is 0 Å². The molecule has 3 aromatic heterocycles. The summed E-state index contributed by atoms with van der Waals surface area (Å²) >= 11 is 4.67. The third kappa shape index (κ3) is 3.23. The molecule has 1 aliphatic carbocycles. The van der Waals surface area contributed by atoms with Crippen molar-refractivity contribution in [1.82, 2.24) is 24.3 Å². The van der Waals surface area contributed by atoms with Crippen LogP contribution in [0.4, 0.5) is 13.9 Å². The number of halogens is 3. The van der Waals surface area contributed by atoms with Crippen LogP contribution >= 0.6 is 27.3 Å². The molecule has 0 radical (unpaired) electrons. The van der Waals surface area contributed by atoms with Gasteiger partial charge in [0, 0.05) is 44.4 Å². The molecule has 1 fully saturated rings. The molecule has 6 rings (SSSR count). The van der Waals surface area contributed by atoms with E-state index in [9.17, 15) is 13.6 Å². The van der Waals surface area contributed by atoms with Crippen molar-refractivity contribution in [2.75, 3.05) is 5.32 Å². The molecule has 0 saturated heterocycles. The van der Waals surface area contributed by atoms with E-state index in [0.29, 0.717) is 26.2 Å². The number of rotatable bonds is 5. The van der Waals surface area contributed by atoms with E-state index in [2.05, 4.69) is 40.9 Å². The first-order valence-electron chi connectivity index (χ1n) is 10.6. The van der Waals surface area contributed by atoms with Gasteiger partial charge in [0.25, 0.3) is 12.3 Å². The summed E-state index contributed by atoms with van der Waals surface area (Å²) in [7, 11) is 0. The summed E-state index contributed by atoms with van der Waals surface area (Å²) in [6, 6.07) is 0.514. The normalized spacial score (nSPS) is 17.1. The van der Waals surface area contributed by atoms with Gasteiger partial charge < -0.3 is 4.57 Å². The molecule has 0 bridgehead atoms. The molecule has 1 amide bonds. The number of anilines is 1. The maximum absolute atomic E-state index is 13.8. The van der Waals surface area contributed by atoms with E-state index < -0.39 is 12.5 Å². The molecule has 33 heavy (non-hydrogen) atoms. The largest absolute Gasteiger partial charge is 0.328 e. The van der Waals surface area contributed by atoms with Crippen molar-refractivity contribution in [2.24, 2.45) is 0 Å². The maximum atomic E-state index is 13.8. The van der Waals surface area contributed by atoms with Crippen LogP contribution in [-0.4, -0.2) is 30.2 Å². The second-order valence-electron chi connectivity index (χ2n) is 8.64. The summed E-state index contributed by atoms with van der Waals surface area (Å²) in [5.41, 5.74) is 2.80. The first kappa shape index (κ1) is 20.9. The number of imidazole rings is 1. The van der Waals surface area contributed by atoms with Gasteiger partial charge in [-0.25, -0.2) is 18.7 Å². The Morgan fingerprint density at radius 1 is 1.30 bits per heavy atom. The minimum Gasteiger partial charge on any atom is -0.328 e. The minimum absolute atomic E-state index is 0.125. The molecular formula is C22H19BrF2N6OS. The number of alkyl halides is 2. The summed E-state index contributed by atoms with van der Waals surface area (Å²) in [5.74, 6) is -0.355.